The van der Waals surface area contributed by atoms with E-state index in [1.54, 1.807) is 0 Å². The summed E-state index contributed by atoms with van der Waals surface area (Å²) >= 11 is 3.11. The highest BCUT2D eigenvalue weighted by atomic mass is 79.9. The first kappa shape index (κ1) is 13.8. The van der Waals surface area contributed by atoms with Gasteiger partial charge in [0.2, 0.25) is 0 Å². The molecule has 0 aromatic heterocycles. The number of amides is 2. The molecule has 0 aliphatic carbocycles. The van der Waals surface area contributed by atoms with Gasteiger partial charge in [0.05, 0.1) is 5.56 Å². The summed E-state index contributed by atoms with van der Waals surface area (Å²) in [4.78, 5) is 11.2. The van der Waals surface area contributed by atoms with E-state index in [4.69, 9.17) is 0 Å². The number of benzene rings is 1. The molecule has 0 aliphatic heterocycles. The van der Waals surface area contributed by atoms with E-state index < -0.39 is 17.8 Å². The van der Waals surface area contributed by atoms with Crippen LogP contribution in [-0.4, -0.2) is 17.9 Å². The molecule has 94 valence electrons. The summed E-state index contributed by atoms with van der Waals surface area (Å²) in [6.07, 6.45) is -4.41. The van der Waals surface area contributed by atoms with E-state index in [0.29, 0.717) is 11.9 Å². The zero-order chi connectivity index (χ0) is 12.9. The van der Waals surface area contributed by atoms with Crippen molar-refractivity contribution < 1.29 is 18.0 Å². The molecule has 0 radical (unpaired) electrons. The van der Waals surface area contributed by atoms with Crippen LogP contribution in [0, 0.1) is 0 Å². The average Bonchev–Trinajstić information content (AvgIpc) is 2.25. The Morgan fingerprint density at radius 2 is 2.06 bits per heavy atom. The quantitative estimate of drug-likeness (QED) is 0.827. The predicted octanol–water partition coefficient (Wildman–Crippen LogP) is 3.22. The lowest BCUT2D eigenvalue weighted by Crippen LogP contribution is -2.30. The van der Waals surface area contributed by atoms with Crippen molar-refractivity contribution in [3.05, 3.63) is 29.8 Å². The van der Waals surface area contributed by atoms with Crippen molar-refractivity contribution in [3.8, 4) is 0 Å². The van der Waals surface area contributed by atoms with Gasteiger partial charge in [-0.25, -0.2) is 4.79 Å². The second kappa shape index (κ2) is 5.90. The first-order chi connectivity index (χ1) is 7.93. The Morgan fingerprint density at radius 3 is 2.65 bits per heavy atom. The third-order valence-corrected chi connectivity index (χ3v) is 2.22. The van der Waals surface area contributed by atoms with Crippen LogP contribution in [0.4, 0.5) is 23.7 Å². The van der Waals surface area contributed by atoms with Crippen molar-refractivity contribution in [2.24, 2.45) is 0 Å². The number of hydrogen-bond donors (Lipinski definition) is 2. The molecule has 1 aromatic rings. The number of carbonyl (C=O) groups excluding carboxylic acids is 1. The summed E-state index contributed by atoms with van der Waals surface area (Å²) in [6.45, 7) is 0.394. The fourth-order valence-electron chi connectivity index (χ4n) is 1.11. The van der Waals surface area contributed by atoms with Gasteiger partial charge in [0, 0.05) is 17.6 Å². The van der Waals surface area contributed by atoms with Crippen molar-refractivity contribution >= 4 is 27.6 Å². The van der Waals surface area contributed by atoms with Gasteiger partial charge >= 0.3 is 12.2 Å². The molecule has 2 N–H and O–H groups in total. The molecular formula is C10H10BrF3N2O. The Hall–Kier alpha value is -1.24. The van der Waals surface area contributed by atoms with Gasteiger partial charge in [-0.15, -0.1) is 0 Å². The minimum absolute atomic E-state index is 0.104. The molecule has 7 heteroatoms. The molecule has 0 saturated heterocycles. The van der Waals surface area contributed by atoms with Crippen LogP contribution >= 0.6 is 15.9 Å². The normalized spacial score (nSPS) is 11.1. The number of hydrogen-bond acceptors (Lipinski definition) is 1. The van der Waals surface area contributed by atoms with Crippen molar-refractivity contribution in [1.82, 2.24) is 5.32 Å². The molecule has 0 bridgehead atoms. The third kappa shape index (κ3) is 4.64. The van der Waals surface area contributed by atoms with Gasteiger partial charge in [0.25, 0.3) is 0 Å². The summed E-state index contributed by atoms with van der Waals surface area (Å²) in [5, 5.41) is 5.35. The van der Waals surface area contributed by atoms with E-state index >= 15 is 0 Å². The van der Waals surface area contributed by atoms with E-state index in [-0.39, 0.29) is 5.69 Å². The Kier molecular flexibility index (Phi) is 4.80. The van der Waals surface area contributed by atoms with Crippen molar-refractivity contribution in [1.29, 1.82) is 0 Å². The fraction of sp³-hybridized carbons (Fsp3) is 0.300. The Morgan fingerprint density at radius 1 is 1.35 bits per heavy atom. The van der Waals surface area contributed by atoms with Gasteiger partial charge < -0.3 is 10.6 Å². The van der Waals surface area contributed by atoms with Crippen molar-refractivity contribution in [2.45, 2.75) is 6.18 Å². The third-order valence-electron chi connectivity index (χ3n) is 1.83. The fourth-order valence-corrected chi connectivity index (χ4v) is 1.31. The smallest absolute Gasteiger partial charge is 0.337 e. The highest BCUT2D eigenvalue weighted by Gasteiger charge is 2.30. The standard InChI is InChI=1S/C10H10BrF3N2O/c11-4-5-15-9(17)16-8-3-1-2-7(6-8)10(12,13)14/h1-3,6H,4-5H2,(H2,15,16,17). The van der Waals surface area contributed by atoms with Gasteiger partial charge in [0.1, 0.15) is 0 Å². The highest BCUT2D eigenvalue weighted by molar-refractivity contribution is 9.09. The number of urea groups is 1. The molecule has 2 amide bonds. The molecule has 0 atom stereocenters. The van der Waals surface area contributed by atoms with E-state index in [1.807, 2.05) is 0 Å². The molecule has 0 spiro atoms. The lowest BCUT2D eigenvalue weighted by molar-refractivity contribution is -0.137. The number of anilines is 1. The van der Waals surface area contributed by atoms with E-state index in [0.717, 1.165) is 12.1 Å². The SMILES string of the molecule is O=C(NCCBr)Nc1cccc(C(F)(F)F)c1. The molecular weight excluding hydrogens is 301 g/mol. The first-order valence-corrected chi connectivity index (χ1v) is 5.83. The second-order valence-corrected chi connectivity index (χ2v) is 3.94. The largest absolute Gasteiger partial charge is 0.416 e. The summed E-state index contributed by atoms with van der Waals surface area (Å²) in [6, 6.07) is 3.92. The van der Waals surface area contributed by atoms with Crippen LogP contribution in [0.15, 0.2) is 24.3 Å². The molecule has 0 heterocycles. The zero-order valence-electron chi connectivity index (χ0n) is 8.64. The topological polar surface area (TPSA) is 41.1 Å². The van der Waals surface area contributed by atoms with E-state index in [1.165, 1.54) is 12.1 Å². The summed E-state index contributed by atoms with van der Waals surface area (Å²) in [5.41, 5.74) is -0.692. The van der Waals surface area contributed by atoms with Gasteiger partial charge in [0.15, 0.2) is 0 Å². The molecule has 0 fully saturated rings. The monoisotopic (exact) mass is 310 g/mol. The number of rotatable bonds is 3. The van der Waals surface area contributed by atoms with Gasteiger partial charge in [-0.2, -0.15) is 13.2 Å². The maximum Gasteiger partial charge on any atom is 0.416 e. The molecule has 3 nitrogen and oxygen atoms in total. The summed E-state index contributed by atoms with van der Waals surface area (Å²) in [5.74, 6) is 0. The Labute approximate surface area is 105 Å². The highest BCUT2D eigenvalue weighted by Crippen LogP contribution is 2.30. The maximum absolute atomic E-state index is 12.4. The molecule has 0 aliphatic rings. The van der Waals surface area contributed by atoms with E-state index in [9.17, 15) is 18.0 Å². The van der Waals surface area contributed by atoms with Gasteiger partial charge in [-0.1, -0.05) is 22.0 Å². The minimum atomic E-state index is -4.41. The van der Waals surface area contributed by atoms with E-state index in [2.05, 4.69) is 26.6 Å². The van der Waals surface area contributed by atoms with Crippen LogP contribution < -0.4 is 10.6 Å². The summed E-state index contributed by atoms with van der Waals surface area (Å²) in [7, 11) is 0. The van der Waals surface area contributed by atoms with Crippen LogP contribution in [0.5, 0.6) is 0 Å². The molecule has 0 saturated carbocycles. The maximum atomic E-state index is 12.4. The Balaban J connectivity index is 2.69. The second-order valence-electron chi connectivity index (χ2n) is 3.15. The molecule has 0 unspecified atom stereocenters. The summed E-state index contributed by atoms with van der Waals surface area (Å²) < 4.78 is 37.1. The number of nitrogens with one attached hydrogen (secondary N) is 2. The van der Waals surface area contributed by atoms with Crippen molar-refractivity contribution in [2.75, 3.05) is 17.2 Å². The number of halogens is 4. The van der Waals surface area contributed by atoms with Crippen LogP contribution in [0.2, 0.25) is 0 Å². The lowest BCUT2D eigenvalue weighted by Gasteiger charge is -2.10. The zero-order valence-corrected chi connectivity index (χ0v) is 10.2. The predicted molar refractivity (Wildman–Crippen MR) is 62.3 cm³/mol. The number of alkyl halides is 4. The van der Waals surface area contributed by atoms with Gasteiger partial charge in [-0.3, -0.25) is 0 Å². The van der Waals surface area contributed by atoms with Gasteiger partial charge in [-0.05, 0) is 18.2 Å². The molecule has 1 aromatic carbocycles. The van der Waals surface area contributed by atoms with Crippen LogP contribution in [0.3, 0.4) is 0 Å². The first-order valence-electron chi connectivity index (χ1n) is 4.71. The minimum Gasteiger partial charge on any atom is -0.337 e. The lowest BCUT2D eigenvalue weighted by atomic mass is 10.2. The van der Waals surface area contributed by atoms with Crippen LogP contribution in [-0.2, 0) is 6.18 Å². The van der Waals surface area contributed by atoms with Crippen LogP contribution in [0.1, 0.15) is 5.56 Å². The van der Waals surface area contributed by atoms with Crippen molar-refractivity contribution in [3.63, 3.8) is 0 Å². The number of carbonyl (C=O) groups is 1. The van der Waals surface area contributed by atoms with Crippen LogP contribution in [0.25, 0.3) is 0 Å². The average molecular weight is 311 g/mol. The molecule has 17 heavy (non-hydrogen) atoms. The molecule has 1 rings (SSSR count). The Bertz CT molecular complexity index is 395.